The molecule has 0 N–H and O–H groups in total. The molecule has 0 aliphatic carbocycles. The highest BCUT2D eigenvalue weighted by molar-refractivity contribution is 5.60. The Hall–Kier alpha value is -2.90. The van der Waals surface area contributed by atoms with Crippen LogP contribution in [0.4, 0.5) is 17.6 Å². The summed E-state index contributed by atoms with van der Waals surface area (Å²) in [4.78, 5) is 4.15. The predicted molar refractivity (Wildman–Crippen MR) is 76.7 cm³/mol. The van der Waals surface area contributed by atoms with Crippen LogP contribution in [0.2, 0.25) is 0 Å². The molecule has 3 aromatic rings. The maximum Gasteiger partial charge on any atom is 0.422 e. The van der Waals surface area contributed by atoms with Crippen LogP contribution in [0, 0.1) is 5.82 Å². The Morgan fingerprint density at radius 3 is 2.46 bits per heavy atom. The molecular formula is C16H10F4N2O2. The molecule has 124 valence electrons. The lowest BCUT2D eigenvalue weighted by atomic mass is 10.2. The Bertz CT molecular complexity index is 829. The summed E-state index contributed by atoms with van der Waals surface area (Å²) < 4.78 is 59.3. The van der Waals surface area contributed by atoms with Gasteiger partial charge in [-0.1, -0.05) is 11.2 Å². The van der Waals surface area contributed by atoms with E-state index in [2.05, 4.69) is 14.9 Å². The van der Waals surface area contributed by atoms with E-state index >= 15 is 0 Å². The molecule has 0 atom stereocenters. The molecular weight excluding hydrogens is 328 g/mol. The lowest BCUT2D eigenvalue weighted by molar-refractivity contribution is -0.153. The number of aromatic nitrogens is 2. The van der Waals surface area contributed by atoms with Gasteiger partial charge in [-0.2, -0.15) is 18.2 Å². The van der Waals surface area contributed by atoms with Crippen LogP contribution in [-0.2, 0) is 0 Å². The lowest BCUT2D eigenvalue weighted by Crippen LogP contribution is -2.19. The van der Waals surface area contributed by atoms with Crippen molar-refractivity contribution < 1.29 is 26.8 Å². The average Bonchev–Trinajstić information content (AvgIpc) is 3.03. The fourth-order valence-corrected chi connectivity index (χ4v) is 1.94. The van der Waals surface area contributed by atoms with Gasteiger partial charge in [0, 0.05) is 11.1 Å². The van der Waals surface area contributed by atoms with Gasteiger partial charge in [-0.25, -0.2) is 4.39 Å². The van der Waals surface area contributed by atoms with Gasteiger partial charge in [-0.15, -0.1) is 0 Å². The average molecular weight is 338 g/mol. The van der Waals surface area contributed by atoms with Crippen LogP contribution in [-0.4, -0.2) is 22.9 Å². The SMILES string of the molecule is Fc1ccc(-c2noc(-c3cccc(OCC(F)(F)F)c3)n2)cc1. The van der Waals surface area contributed by atoms with Crippen LogP contribution in [0.5, 0.6) is 5.75 Å². The third kappa shape index (κ3) is 3.89. The number of alkyl halides is 3. The van der Waals surface area contributed by atoms with E-state index in [0.717, 1.165) is 0 Å². The molecule has 0 spiro atoms. The summed E-state index contributed by atoms with van der Waals surface area (Å²) in [5.41, 5.74) is 0.964. The number of nitrogens with zero attached hydrogens (tertiary/aromatic N) is 2. The van der Waals surface area contributed by atoms with Crippen molar-refractivity contribution in [2.45, 2.75) is 6.18 Å². The molecule has 0 aliphatic heterocycles. The molecule has 1 aromatic heterocycles. The summed E-state index contributed by atoms with van der Waals surface area (Å²) in [6.07, 6.45) is -4.42. The molecule has 8 heteroatoms. The molecule has 3 rings (SSSR count). The zero-order chi connectivity index (χ0) is 17.2. The molecule has 0 radical (unpaired) electrons. The van der Waals surface area contributed by atoms with Gasteiger partial charge in [-0.3, -0.25) is 0 Å². The number of halogens is 4. The van der Waals surface area contributed by atoms with Gasteiger partial charge in [0.1, 0.15) is 11.6 Å². The van der Waals surface area contributed by atoms with Crippen LogP contribution in [0.15, 0.2) is 53.1 Å². The van der Waals surface area contributed by atoms with E-state index in [0.29, 0.717) is 11.1 Å². The first kappa shape index (κ1) is 16.0. The first-order chi connectivity index (χ1) is 11.4. The van der Waals surface area contributed by atoms with Crippen molar-refractivity contribution in [3.63, 3.8) is 0 Å². The van der Waals surface area contributed by atoms with E-state index in [1.54, 1.807) is 6.07 Å². The summed E-state index contributed by atoms with van der Waals surface area (Å²) in [6, 6.07) is 11.4. The molecule has 0 amide bonds. The summed E-state index contributed by atoms with van der Waals surface area (Å²) in [5.74, 6) is 0.00161. The van der Waals surface area contributed by atoms with Gasteiger partial charge in [-0.05, 0) is 42.5 Å². The van der Waals surface area contributed by atoms with Gasteiger partial charge in [0.25, 0.3) is 5.89 Å². The molecule has 4 nitrogen and oxygen atoms in total. The van der Waals surface area contributed by atoms with Gasteiger partial charge >= 0.3 is 6.18 Å². The van der Waals surface area contributed by atoms with E-state index in [4.69, 9.17) is 4.52 Å². The topological polar surface area (TPSA) is 48.2 Å². The van der Waals surface area contributed by atoms with Crippen LogP contribution >= 0.6 is 0 Å². The first-order valence-corrected chi connectivity index (χ1v) is 6.80. The third-order valence-electron chi connectivity index (χ3n) is 3.01. The minimum Gasteiger partial charge on any atom is -0.484 e. The molecule has 0 saturated heterocycles. The first-order valence-electron chi connectivity index (χ1n) is 6.80. The van der Waals surface area contributed by atoms with E-state index in [1.807, 2.05) is 0 Å². The van der Waals surface area contributed by atoms with Crippen molar-refractivity contribution in [1.29, 1.82) is 0 Å². The molecule has 0 bridgehead atoms. The predicted octanol–water partition coefficient (Wildman–Crippen LogP) is 4.48. The molecule has 0 aliphatic rings. The molecule has 1 heterocycles. The van der Waals surface area contributed by atoms with E-state index in [1.165, 1.54) is 42.5 Å². The Morgan fingerprint density at radius 1 is 1.00 bits per heavy atom. The third-order valence-corrected chi connectivity index (χ3v) is 3.01. The zero-order valence-corrected chi connectivity index (χ0v) is 12.0. The Balaban J connectivity index is 1.81. The summed E-state index contributed by atoms with van der Waals surface area (Å²) >= 11 is 0. The quantitative estimate of drug-likeness (QED) is 0.658. The van der Waals surface area contributed by atoms with Crippen molar-refractivity contribution in [3.05, 3.63) is 54.3 Å². The number of ether oxygens (including phenoxy) is 1. The molecule has 24 heavy (non-hydrogen) atoms. The second-order valence-corrected chi connectivity index (χ2v) is 4.86. The molecule has 2 aromatic carbocycles. The number of hydrogen-bond acceptors (Lipinski definition) is 4. The Morgan fingerprint density at radius 2 is 1.75 bits per heavy atom. The largest absolute Gasteiger partial charge is 0.484 e. The highest BCUT2D eigenvalue weighted by atomic mass is 19.4. The van der Waals surface area contributed by atoms with Gasteiger partial charge in [0.05, 0.1) is 0 Å². The summed E-state index contributed by atoms with van der Waals surface area (Å²) in [6.45, 7) is -1.39. The number of benzene rings is 2. The van der Waals surface area contributed by atoms with E-state index in [-0.39, 0.29) is 17.5 Å². The molecule has 0 unspecified atom stereocenters. The monoisotopic (exact) mass is 338 g/mol. The van der Waals surface area contributed by atoms with Crippen LogP contribution < -0.4 is 4.74 Å². The minimum absolute atomic E-state index is 0.0337. The van der Waals surface area contributed by atoms with E-state index in [9.17, 15) is 17.6 Å². The molecule has 0 saturated carbocycles. The Labute approximate surface area is 133 Å². The van der Waals surface area contributed by atoms with Crippen LogP contribution in [0.25, 0.3) is 22.8 Å². The van der Waals surface area contributed by atoms with Crippen LogP contribution in [0.1, 0.15) is 0 Å². The second-order valence-electron chi connectivity index (χ2n) is 4.86. The van der Waals surface area contributed by atoms with Gasteiger partial charge in [0.15, 0.2) is 6.61 Å². The standard InChI is InChI=1S/C16H10F4N2O2/c17-12-6-4-10(5-7-12)14-21-15(24-22-14)11-2-1-3-13(8-11)23-9-16(18,19)20/h1-8H,9H2. The van der Waals surface area contributed by atoms with Crippen molar-refractivity contribution in [2.24, 2.45) is 0 Å². The van der Waals surface area contributed by atoms with Crippen molar-refractivity contribution in [1.82, 2.24) is 10.1 Å². The van der Waals surface area contributed by atoms with Gasteiger partial charge in [0.2, 0.25) is 5.82 Å². The fraction of sp³-hybridized carbons (Fsp3) is 0.125. The number of hydrogen-bond donors (Lipinski definition) is 0. The summed E-state index contributed by atoms with van der Waals surface area (Å²) in [7, 11) is 0. The summed E-state index contributed by atoms with van der Waals surface area (Å²) in [5, 5.41) is 3.78. The van der Waals surface area contributed by atoms with Crippen molar-refractivity contribution in [2.75, 3.05) is 6.61 Å². The van der Waals surface area contributed by atoms with E-state index < -0.39 is 18.6 Å². The second kappa shape index (κ2) is 6.31. The normalized spacial score (nSPS) is 11.5. The maximum atomic E-state index is 12.9. The minimum atomic E-state index is -4.42. The lowest BCUT2D eigenvalue weighted by Gasteiger charge is -2.09. The highest BCUT2D eigenvalue weighted by Crippen LogP contribution is 2.26. The fourth-order valence-electron chi connectivity index (χ4n) is 1.94. The highest BCUT2D eigenvalue weighted by Gasteiger charge is 2.28. The zero-order valence-electron chi connectivity index (χ0n) is 12.0. The molecule has 0 fully saturated rings. The van der Waals surface area contributed by atoms with Gasteiger partial charge < -0.3 is 9.26 Å². The number of rotatable bonds is 4. The van der Waals surface area contributed by atoms with Crippen molar-refractivity contribution >= 4 is 0 Å². The van der Waals surface area contributed by atoms with Crippen LogP contribution in [0.3, 0.4) is 0 Å². The Kier molecular flexibility index (Phi) is 4.20. The smallest absolute Gasteiger partial charge is 0.422 e. The maximum absolute atomic E-state index is 12.9. The van der Waals surface area contributed by atoms with Crippen molar-refractivity contribution in [3.8, 4) is 28.6 Å².